The van der Waals surface area contributed by atoms with Crippen molar-refractivity contribution < 1.29 is 4.39 Å². The molecule has 6 heteroatoms. The van der Waals surface area contributed by atoms with Crippen molar-refractivity contribution in [2.45, 2.75) is 13.8 Å². The van der Waals surface area contributed by atoms with Gasteiger partial charge in [-0.15, -0.1) is 0 Å². The van der Waals surface area contributed by atoms with Crippen molar-refractivity contribution in [1.82, 2.24) is 9.97 Å². The molecule has 19 heavy (non-hydrogen) atoms. The Labute approximate surface area is 114 Å². The van der Waals surface area contributed by atoms with Gasteiger partial charge in [0.05, 0.1) is 11.3 Å². The lowest BCUT2D eigenvalue weighted by Crippen LogP contribution is -2.02. The first kappa shape index (κ1) is 13.2. The van der Waals surface area contributed by atoms with Crippen LogP contribution in [0.5, 0.6) is 0 Å². The van der Waals surface area contributed by atoms with Crippen LogP contribution < -0.4 is 5.32 Å². The Bertz CT molecular complexity index is 679. The summed E-state index contributed by atoms with van der Waals surface area (Å²) in [4.78, 5) is 8.24. The molecular formula is C13H10ClFN4. The molecule has 0 radical (unpaired) electrons. The number of nitriles is 1. The second-order valence-electron chi connectivity index (χ2n) is 3.96. The minimum atomic E-state index is -0.462. The summed E-state index contributed by atoms with van der Waals surface area (Å²) in [5.41, 5.74) is 1.34. The molecule has 1 heterocycles. The van der Waals surface area contributed by atoms with Crippen LogP contribution in [0.1, 0.15) is 17.0 Å². The standard InChI is InChI=1S/C13H10ClFN4/c1-7-12(14)17-8(2)18-13(7)19-11-4-3-10(15)5-9(11)6-16/h3-5H,1-2H3,(H,17,18,19). The number of rotatable bonds is 2. The van der Waals surface area contributed by atoms with Gasteiger partial charge < -0.3 is 5.32 Å². The summed E-state index contributed by atoms with van der Waals surface area (Å²) in [5.74, 6) is 0.551. The number of nitrogens with one attached hydrogen (secondary N) is 1. The molecule has 96 valence electrons. The summed E-state index contributed by atoms with van der Waals surface area (Å²) in [7, 11) is 0. The highest BCUT2D eigenvalue weighted by Crippen LogP contribution is 2.25. The van der Waals surface area contributed by atoms with Gasteiger partial charge in [0.2, 0.25) is 0 Å². The SMILES string of the molecule is Cc1nc(Cl)c(C)c(Nc2ccc(F)cc2C#N)n1. The molecule has 0 saturated carbocycles. The normalized spacial score (nSPS) is 10.1. The summed E-state index contributed by atoms with van der Waals surface area (Å²) >= 11 is 5.97. The molecule has 0 aliphatic carbocycles. The molecule has 0 spiro atoms. The monoisotopic (exact) mass is 276 g/mol. The van der Waals surface area contributed by atoms with E-state index < -0.39 is 5.82 Å². The van der Waals surface area contributed by atoms with Crippen LogP contribution in [0.2, 0.25) is 5.15 Å². The van der Waals surface area contributed by atoms with Gasteiger partial charge in [0.1, 0.15) is 28.7 Å². The quantitative estimate of drug-likeness (QED) is 0.853. The van der Waals surface area contributed by atoms with Crippen LogP contribution >= 0.6 is 11.6 Å². The number of anilines is 2. The average molecular weight is 277 g/mol. The topological polar surface area (TPSA) is 61.6 Å². The highest BCUT2D eigenvalue weighted by molar-refractivity contribution is 6.30. The van der Waals surface area contributed by atoms with E-state index in [-0.39, 0.29) is 5.56 Å². The van der Waals surface area contributed by atoms with Crippen molar-refractivity contribution in [2.75, 3.05) is 5.32 Å². The zero-order chi connectivity index (χ0) is 14.0. The van der Waals surface area contributed by atoms with Crippen molar-refractivity contribution in [3.8, 4) is 6.07 Å². The van der Waals surface area contributed by atoms with E-state index in [1.165, 1.54) is 12.1 Å². The van der Waals surface area contributed by atoms with Crippen molar-refractivity contribution in [1.29, 1.82) is 5.26 Å². The molecule has 0 aliphatic heterocycles. The van der Waals surface area contributed by atoms with Crippen LogP contribution in [0.3, 0.4) is 0 Å². The van der Waals surface area contributed by atoms with Gasteiger partial charge in [-0.2, -0.15) is 5.26 Å². The van der Waals surface area contributed by atoms with Crippen LogP contribution in [0.15, 0.2) is 18.2 Å². The second-order valence-corrected chi connectivity index (χ2v) is 4.32. The van der Waals surface area contributed by atoms with Gasteiger partial charge in [-0.1, -0.05) is 11.6 Å². The van der Waals surface area contributed by atoms with E-state index in [4.69, 9.17) is 16.9 Å². The van der Waals surface area contributed by atoms with Gasteiger partial charge in [-0.3, -0.25) is 0 Å². The minimum Gasteiger partial charge on any atom is -0.339 e. The van der Waals surface area contributed by atoms with Crippen LogP contribution in [0, 0.1) is 31.0 Å². The van der Waals surface area contributed by atoms with Gasteiger partial charge in [0, 0.05) is 5.56 Å². The maximum absolute atomic E-state index is 13.1. The Morgan fingerprint density at radius 1 is 1.32 bits per heavy atom. The van der Waals surface area contributed by atoms with Crippen molar-refractivity contribution >= 4 is 23.1 Å². The summed E-state index contributed by atoms with van der Waals surface area (Å²) in [6.07, 6.45) is 0. The molecule has 1 aromatic carbocycles. The fourth-order valence-electron chi connectivity index (χ4n) is 1.56. The van der Waals surface area contributed by atoms with E-state index >= 15 is 0 Å². The maximum atomic E-state index is 13.1. The lowest BCUT2D eigenvalue weighted by atomic mass is 10.2. The summed E-state index contributed by atoms with van der Waals surface area (Å²) in [5, 5.41) is 12.3. The third-order valence-corrected chi connectivity index (χ3v) is 2.92. The third-order valence-electron chi connectivity index (χ3n) is 2.55. The molecule has 1 aromatic heterocycles. The zero-order valence-electron chi connectivity index (χ0n) is 10.3. The first-order chi connectivity index (χ1) is 9.01. The van der Waals surface area contributed by atoms with Gasteiger partial charge >= 0.3 is 0 Å². The van der Waals surface area contributed by atoms with Crippen LogP contribution in [0.4, 0.5) is 15.9 Å². The van der Waals surface area contributed by atoms with Gasteiger partial charge in [-0.25, -0.2) is 14.4 Å². The number of hydrogen-bond acceptors (Lipinski definition) is 4. The molecular weight excluding hydrogens is 267 g/mol. The van der Waals surface area contributed by atoms with Crippen LogP contribution in [0.25, 0.3) is 0 Å². The number of nitrogens with zero attached hydrogens (tertiary/aromatic N) is 3. The van der Waals surface area contributed by atoms with Gasteiger partial charge in [0.15, 0.2) is 0 Å². The number of halogens is 2. The molecule has 0 aliphatic rings. The van der Waals surface area contributed by atoms with E-state index in [1.54, 1.807) is 13.8 Å². The van der Waals surface area contributed by atoms with Crippen molar-refractivity contribution in [3.05, 3.63) is 46.1 Å². The van der Waals surface area contributed by atoms with E-state index in [9.17, 15) is 4.39 Å². The van der Waals surface area contributed by atoms with E-state index in [2.05, 4.69) is 15.3 Å². The Morgan fingerprint density at radius 3 is 2.74 bits per heavy atom. The molecule has 0 unspecified atom stereocenters. The molecule has 2 aromatic rings. The number of hydrogen-bond donors (Lipinski definition) is 1. The van der Waals surface area contributed by atoms with Crippen molar-refractivity contribution in [2.24, 2.45) is 0 Å². The Balaban J connectivity index is 2.45. The molecule has 0 bridgehead atoms. The maximum Gasteiger partial charge on any atom is 0.138 e. The Hall–Kier alpha value is -2.19. The smallest absolute Gasteiger partial charge is 0.138 e. The van der Waals surface area contributed by atoms with Crippen LogP contribution in [-0.2, 0) is 0 Å². The largest absolute Gasteiger partial charge is 0.339 e. The number of aromatic nitrogens is 2. The third kappa shape index (κ3) is 2.80. The van der Waals surface area contributed by atoms with Crippen LogP contribution in [-0.4, -0.2) is 9.97 Å². The summed E-state index contributed by atoms with van der Waals surface area (Å²) in [6, 6.07) is 5.84. The second kappa shape index (κ2) is 5.21. The highest BCUT2D eigenvalue weighted by atomic mass is 35.5. The predicted molar refractivity (Wildman–Crippen MR) is 70.9 cm³/mol. The van der Waals surface area contributed by atoms with E-state index in [0.717, 1.165) is 6.07 Å². The summed E-state index contributed by atoms with van der Waals surface area (Å²) in [6.45, 7) is 3.48. The van der Waals surface area contributed by atoms with E-state index in [1.807, 2.05) is 6.07 Å². The molecule has 0 amide bonds. The molecule has 2 rings (SSSR count). The average Bonchev–Trinajstić information content (AvgIpc) is 2.37. The molecule has 0 saturated heterocycles. The Kier molecular flexibility index (Phi) is 3.63. The van der Waals surface area contributed by atoms with Crippen molar-refractivity contribution in [3.63, 3.8) is 0 Å². The number of benzene rings is 1. The molecule has 0 fully saturated rings. The lowest BCUT2D eigenvalue weighted by molar-refractivity contribution is 0.627. The summed E-state index contributed by atoms with van der Waals surface area (Å²) < 4.78 is 13.1. The lowest BCUT2D eigenvalue weighted by Gasteiger charge is -2.11. The fourth-order valence-corrected chi connectivity index (χ4v) is 1.77. The predicted octanol–water partition coefficient (Wildman–Crippen LogP) is 3.50. The molecule has 0 atom stereocenters. The zero-order valence-corrected chi connectivity index (χ0v) is 11.1. The van der Waals surface area contributed by atoms with E-state index in [0.29, 0.717) is 28.0 Å². The first-order valence-corrected chi connectivity index (χ1v) is 5.86. The number of aryl methyl sites for hydroxylation is 1. The fraction of sp³-hybridized carbons (Fsp3) is 0.154. The van der Waals surface area contributed by atoms with Gasteiger partial charge in [-0.05, 0) is 32.0 Å². The molecule has 4 nitrogen and oxygen atoms in total. The first-order valence-electron chi connectivity index (χ1n) is 5.48. The van der Waals surface area contributed by atoms with Gasteiger partial charge in [0.25, 0.3) is 0 Å². The minimum absolute atomic E-state index is 0.201. The Morgan fingerprint density at radius 2 is 2.05 bits per heavy atom. The highest BCUT2D eigenvalue weighted by Gasteiger charge is 2.10. The molecule has 1 N–H and O–H groups in total.